The molecule has 0 amide bonds. The van der Waals surface area contributed by atoms with Crippen molar-refractivity contribution in [1.82, 2.24) is 14.9 Å². The number of imidazole rings is 1. The van der Waals surface area contributed by atoms with E-state index in [-0.39, 0.29) is 30.1 Å². The van der Waals surface area contributed by atoms with Gasteiger partial charge in [-0.2, -0.15) is 0 Å². The maximum absolute atomic E-state index is 5.67. The number of aryl methyl sites for hydroxylation is 2. The van der Waals surface area contributed by atoms with Crippen molar-refractivity contribution < 1.29 is 4.74 Å². The molecule has 0 atom stereocenters. The number of nitrogens with zero attached hydrogens (tertiary/aromatic N) is 3. The van der Waals surface area contributed by atoms with Crippen LogP contribution >= 0.6 is 24.0 Å². The Labute approximate surface area is 189 Å². The normalized spacial score (nSPS) is 11.4. The first-order valence-corrected chi connectivity index (χ1v) is 9.73. The molecule has 0 aliphatic carbocycles. The summed E-state index contributed by atoms with van der Waals surface area (Å²) in [7, 11) is 1.78. The number of guanidine groups is 1. The number of halogens is 1. The molecule has 2 aromatic carbocycles. The Morgan fingerprint density at radius 3 is 2.55 bits per heavy atom. The highest BCUT2D eigenvalue weighted by molar-refractivity contribution is 14.0. The van der Waals surface area contributed by atoms with E-state index in [2.05, 4.69) is 50.3 Å². The van der Waals surface area contributed by atoms with Gasteiger partial charge in [-0.15, -0.1) is 24.0 Å². The zero-order valence-electron chi connectivity index (χ0n) is 17.5. The first-order valence-electron chi connectivity index (χ1n) is 9.73. The molecule has 1 heterocycles. The van der Waals surface area contributed by atoms with Crippen molar-refractivity contribution in [3.05, 3.63) is 54.4 Å². The van der Waals surface area contributed by atoms with Gasteiger partial charge in [0.15, 0.2) is 5.96 Å². The van der Waals surface area contributed by atoms with Gasteiger partial charge in [0.05, 0.1) is 17.1 Å². The summed E-state index contributed by atoms with van der Waals surface area (Å²) in [6.07, 6.45) is 1.15. The van der Waals surface area contributed by atoms with E-state index in [1.54, 1.807) is 7.05 Å². The number of rotatable bonds is 7. The van der Waals surface area contributed by atoms with Crippen LogP contribution in [0.3, 0.4) is 0 Å². The third-order valence-corrected chi connectivity index (χ3v) is 4.41. The standard InChI is InChI=1S/C22H29N5O.HI/c1-16(2)28-19-12-10-18(11-13-19)26-22(23-4)24-14-7-15-27-17(3)25-20-8-5-6-9-21(20)27;/h5-6,8-13,16H,7,14-15H2,1-4H3,(H2,23,24,26);1H. The molecule has 0 bridgehead atoms. The molecule has 0 unspecified atom stereocenters. The van der Waals surface area contributed by atoms with Gasteiger partial charge in [0.25, 0.3) is 0 Å². The molecule has 0 aliphatic rings. The lowest BCUT2D eigenvalue weighted by Crippen LogP contribution is -2.31. The van der Waals surface area contributed by atoms with E-state index in [0.29, 0.717) is 0 Å². The molecule has 0 fully saturated rings. The third kappa shape index (κ3) is 6.35. The fourth-order valence-electron chi connectivity index (χ4n) is 3.13. The average Bonchev–Trinajstić information content (AvgIpc) is 3.00. The van der Waals surface area contributed by atoms with Crippen LogP contribution < -0.4 is 15.4 Å². The van der Waals surface area contributed by atoms with Gasteiger partial charge in [0.1, 0.15) is 11.6 Å². The van der Waals surface area contributed by atoms with E-state index in [9.17, 15) is 0 Å². The van der Waals surface area contributed by atoms with Crippen molar-refractivity contribution in [1.29, 1.82) is 0 Å². The SMILES string of the molecule is CN=C(NCCCn1c(C)nc2ccccc21)Nc1ccc(OC(C)C)cc1.I. The van der Waals surface area contributed by atoms with Gasteiger partial charge in [-0.3, -0.25) is 4.99 Å². The van der Waals surface area contributed by atoms with Crippen molar-refractivity contribution >= 4 is 46.7 Å². The number of hydrogen-bond acceptors (Lipinski definition) is 3. The van der Waals surface area contributed by atoms with Crippen molar-refractivity contribution in [2.75, 3.05) is 18.9 Å². The first-order chi connectivity index (χ1) is 13.6. The monoisotopic (exact) mass is 507 g/mol. The maximum Gasteiger partial charge on any atom is 0.195 e. The van der Waals surface area contributed by atoms with Crippen molar-refractivity contribution in [2.24, 2.45) is 4.99 Å². The Kier molecular flexibility index (Phi) is 8.75. The van der Waals surface area contributed by atoms with Crippen LogP contribution in [0.25, 0.3) is 11.0 Å². The molecule has 156 valence electrons. The van der Waals surface area contributed by atoms with Crippen LogP contribution in [0, 0.1) is 6.92 Å². The lowest BCUT2D eigenvalue weighted by Gasteiger charge is -2.14. The summed E-state index contributed by atoms with van der Waals surface area (Å²) in [5.41, 5.74) is 3.21. The Balaban J connectivity index is 0.00000300. The highest BCUT2D eigenvalue weighted by Crippen LogP contribution is 2.17. The molecule has 0 spiro atoms. The van der Waals surface area contributed by atoms with Crippen LogP contribution in [-0.4, -0.2) is 35.2 Å². The van der Waals surface area contributed by atoms with E-state index in [1.165, 1.54) is 5.52 Å². The molecule has 0 saturated heterocycles. The minimum Gasteiger partial charge on any atom is -0.491 e. The molecule has 7 heteroatoms. The molecule has 0 saturated carbocycles. The van der Waals surface area contributed by atoms with E-state index in [0.717, 1.165) is 48.2 Å². The lowest BCUT2D eigenvalue weighted by molar-refractivity contribution is 0.242. The van der Waals surface area contributed by atoms with Gasteiger partial charge < -0.3 is 19.9 Å². The second-order valence-electron chi connectivity index (χ2n) is 6.97. The third-order valence-electron chi connectivity index (χ3n) is 4.41. The summed E-state index contributed by atoms with van der Waals surface area (Å²) in [6, 6.07) is 16.2. The van der Waals surface area contributed by atoms with Crippen LogP contribution in [0.4, 0.5) is 5.69 Å². The number of ether oxygens (including phenoxy) is 1. The summed E-state index contributed by atoms with van der Waals surface area (Å²) in [4.78, 5) is 8.92. The molecule has 2 N–H and O–H groups in total. The van der Waals surface area contributed by atoms with Crippen molar-refractivity contribution in [3.8, 4) is 5.75 Å². The quantitative estimate of drug-likeness (QED) is 0.208. The maximum atomic E-state index is 5.67. The Hall–Kier alpha value is -2.29. The molecular formula is C22H30IN5O. The highest BCUT2D eigenvalue weighted by atomic mass is 127. The molecule has 29 heavy (non-hydrogen) atoms. The Bertz CT molecular complexity index is 934. The zero-order valence-corrected chi connectivity index (χ0v) is 19.8. The van der Waals surface area contributed by atoms with Crippen molar-refractivity contribution in [3.63, 3.8) is 0 Å². The number of para-hydroxylation sites is 2. The van der Waals surface area contributed by atoms with E-state index in [4.69, 9.17) is 4.74 Å². The zero-order chi connectivity index (χ0) is 19.9. The molecular weight excluding hydrogens is 477 g/mol. The number of fused-ring (bicyclic) bond motifs is 1. The molecule has 3 aromatic rings. The summed E-state index contributed by atoms with van der Waals surface area (Å²) >= 11 is 0. The topological polar surface area (TPSA) is 63.5 Å². The van der Waals surface area contributed by atoms with Gasteiger partial charge >= 0.3 is 0 Å². The fourth-order valence-corrected chi connectivity index (χ4v) is 3.13. The summed E-state index contributed by atoms with van der Waals surface area (Å²) in [5.74, 6) is 2.67. The Morgan fingerprint density at radius 2 is 1.86 bits per heavy atom. The van der Waals surface area contributed by atoms with E-state index < -0.39 is 0 Å². The molecule has 0 aliphatic heterocycles. The van der Waals surface area contributed by atoms with Crippen molar-refractivity contribution in [2.45, 2.75) is 39.8 Å². The number of benzene rings is 2. The number of nitrogens with one attached hydrogen (secondary N) is 2. The minimum atomic E-state index is 0. The second kappa shape index (κ2) is 11.0. The Morgan fingerprint density at radius 1 is 1.14 bits per heavy atom. The van der Waals surface area contributed by atoms with Gasteiger partial charge in [-0.1, -0.05) is 12.1 Å². The number of hydrogen-bond donors (Lipinski definition) is 2. The molecule has 1 aromatic heterocycles. The largest absolute Gasteiger partial charge is 0.491 e. The van der Waals surface area contributed by atoms with Crippen LogP contribution in [0.2, 0.25) is 0 Å². The van der Waals surface area contributed by atoms with Gasteiger partial charge in [0, 0.05) is 25.8 Å². The minimum absolute atomic E-state index is 0. The molecule has 0 radical (unpaired) electrons. The highest BCUT2D eigenvalue weighted by Gasteiger charge is 2.06. The number of aliphatic imine (C=N–C) groups is 1. The van der Waals surface area contributed by atoms with Gasteiger partial charge in [-0.05, 0) is 63.6 Å². The van der Waals surface area contributed by atoms with E-state index >= 15 is 0 Å². The average molecular weight is 507 g/mol. The molecule has 3 rings (SSSR count). The van der Waals surface area contributed by atoms with Crippen LogP contribution in [0.5, 0.6) is 5.75 Å². The number of aromatic nitrogens is 2. The summed E-state index contributed by atoms with van der Waals surface area (Å²) in [6.45, 7) is 7.83. The first kappa shape index (κ1) is 23.0. The van der Waals surface area contributed by atoms with Crippen LogP contribution in [-0.2, 0) is 6.54 Å². The second-order valence-corrected chi connectivity index (χ2v) is 6.97. The van der Waals surface area contributed by atoms with Crippen LogP contribution in [0.1, 0.15) is 26.1 Å². The summed E-state index contributed by atoms with van der Waals surface area (Å²) < 4.78 is 7.94. The fraction of sp³-hybridized carbons (Fsp3) is 0.364. The van der Waals surface area contributed by atoms with Gasteiger partial charge in [-0.25, -0.2) is 4.98 Å². The smallest absolute Gasteiger partial charge is 0.195 e. The lowest BCUT2D eigenvalue weighted by atomic mass is 10.3. The molecule has 6 nitrogen and oxygen atoms in total. The predicted molar refractivity (Wildman–Crippen MR) is 132 cm³/mol. The van der Waals surface area contributed by atoms with Crippen LogP contribution in [0.15, 0.2) is 53.5 Å². The summed E-state index contributed by atoms with van der Waals surface area (Å²) in [5, 5.41) is 6.68. The van der Waals surface area contributed by atoms with E-state index in [1.807, 2.05) is 44.2 Å². The predicted octanol–water partition coefficient (Wildman–Crippen LogP) is 4.83. The van der Waals surface area contributed by atoms with Gasteiger partial charge in [0.2, 0.25) is 0 Å². The number of anilines is 1.